The number of nitrogens with one attached hydrogen (secondary N) is 4. The Morgan fingerprint density at radius 2 is 1.46 bits per heavy atom. The Labute approximate surface area is 452 Å². The zero-order chi connectivity index (χ0) is 54.5. The van der Waals surface area contributed by atoms with Gasteiger partial charge in [0.05, 0.1) is 62.7 Å². The van der Waals surface area contributed by atoms with Crippen LogP contribution in [0.2, 0.25) is 0 Å². The van der Waals surface area contributed by atoms with Gasteiger partial charge in [-0.25, -0.2) is 10.4 Å². The third-order valence-electron chi connectivity index (χ3n) is 18.0. The number of imidazole rings is 1. The maximum absolute atomic E-state index is 13.2. The minimum Gasteiger partial charge on any atom is -0.393 e. The van der Waals surface area contributed by atoms with Gasteiger partial charge in [0.2, 0.25) is 11.8 Å². The molecule has 8 rings (SSSR count). The van der Waals surface area contributed by atoms with Crippen LogP contribution in [0.25, 0.3) is 0 Å². The van der Waals surface area contributed by atoms with Crippen molar-refractivity contribution >= 4 is 29.2 Å². The third-order valence-corrected chi connectivity index (χ3v) is 18.0. The molecule has 2 aliphatic carbocycles. The van der Waals surface area contributed by atoms with Crippen molar-refractivity contribution in [3.05, 3.63) is 53.6 Å². The van der Waals surface area contributed by atoms with E-state index < -0.39 is 17.9 Å². The first-order chi connectivity index (χ1) is 36.5. The lowest BCUT2D eigenvalue weighted by Gasteiger charge is -2.52. The van der Waals surface area contributed by atoms with Gasteiger partial charge in [0.25, 0.3) is 5.91 Å². The number of ketones is 1. The number of hydrogen-bond acceptors (Lipinski definition) is 13. The summed E-state index contributed by atoms with van der Waals surface area (Å²) >= 11 is 0. The molecule has 4 saturated heterocycles. The van der Waals surface area contributed by atoms with Crippen molar-refractivity contribution < 1.29 is 52.7 Å². The number of Topliss-reactive ketones (excluding diaryl/α,β-unsaturated/α-hetero) is 1. The van der Waals surface area contributed by atoms with Crippen LogP contribution in [0.15, 0.2) is 41.9 Å². The van der Waals surface area contributed by atoms with E-state index in [2.05, 4.69) is 65.7 Å². The van der Waals surface area contributed by atoms with E-state index in [0.717, 1.165) is 54.6 Å². The molecule has 0 spiro atoms. The second kappa shape index (κ2) is 28.7. The highest BCUT2D eigenvalue weighted by Gasteiger charge is 2.52. The van der Waals surface area contributed by atoms with Crippen molar-refractivity contribution in [1.29, 1.82) is 0 Å². The number of carbonyl (C=O) groups is 4. The minimum absolute atomic E-state index is 0.0546. The van der Waals surface area contributed by atoms with Crippen molar-refractivity contribution in [2.24, 2.45) is 76.1 Å². The monoisotopic (exact) mass is 1060 g/mol. The first kappa shape index (κ1) is 59.6. The number of carbonyl (C=O) groups excluding carboxylic acids is 4. The summed E-state index contributed by atoms with van der Waals surface area (Å²) in [5.74, 6) is 4.35. The molecule has 5 heterocycles. The first-order valence-electron chi connectivity index (χ1n) is 28.9. The molecule has 5 N–H and O–H groups in total. The Balaban J connectivity index is 0.000000441. The number of hydrogen-bond donors (Lipinski definition) is 5. The summed E-state index contributed by atoms with van der Waals surface area (Å²) in [6.07, 6.45) is 13.4. The number of aromatic amines is 1. The van der Waals surface area contributed by atoms with Gasteiger partial charge in [-0.15, -0.1) is 0 Å². The number of amides is 3. The topological polar surface area (TPSA) is 221 Å². The van der Waals surface area contributed by atoms with E-state index in [9.17, 15) is 24.3 Å². The maximum atomic E-state index is 13.2. The Morgan fingerprint density at radius 1 is 0.789 bits per heavy atom. The molecular formula is C59H92N6O11. The smallest absolute Gasteiger partial charge is 0.251 e. The van der Waals surface area contributed by atoms with Crippen LogP contribution < -0.4 is 16.1 Å². The first-order valence-corrected chi connectivity index (χ1v) is 28.9. The molecule has 0 radical (unpaired) electrons. The van der Waals surface area contributed by atoms with Gasteiger partial charge in [0.15, 0.2) is 18.4 Å². The standard InChI is InChI=1S/C45H68N6O9.C14H24O2/c1-26-8-14-38-30(5)40(60-45-41(38)37(26)15-9-29(4)59-45)20-27(2)42(54)51-50-31(6)33-10-12-34(13-11-33)43(55)47-16-17-57-18-19-58-24-36(53)22-39(32(7)52)44(56)49-28(3)21-35-23-46-25-48-35;1-9-5-6-12-10(2)8-16-14-13(12)11(9)4-3-7-15-14/h10-13,23,25-30,32,37-41,45,52H,8-9,14-22,24H2,1-7H3,(H,46,48)(H,47,55)(H,49,56)(H,51,54);9-14H,3-8H2,1-2H3/b50-31-;/t26-,27?,28+,29-,30+,32+,37?,38?,39?,40?,41?,45+;9-,10+,11?,12?,13?,14+/m01/s1. The summed E-state index contributed by atoms with van der Waals surface area (Å²) in [5, 5.41) is 20.2. The van der Waals surface area contributed by atoms with Gasteiger partial charge in [-0.3, -0.25) is 19.2 Å². The largest absolute Gasteiger partial charge is 0.393 e. The molecule has 17 heteroatoms. The molecular weight excluding hydrogens is 969 g/mol. The fraction of sp³-hybridized carbons (Fsp3) is 0.763. The average Bonchev–Trinajstić information content (AvgIpc) is 3.75. The van der Waals surface area contributed by atoms with Crippen molar-refractivity contribution in [1.82, 2.24) is 26.0 Å². The van der Waals surface area contributed by atoms with Crippen LogP contribution in [-0.2, 0) is 49.2 Å². The second-order valence-electron chi connectivity index (χ2n) is 23.6. The zero-order valence-electron chi connectivity index (χ0n) is 47.0. The van der Waals surface area contributed by atoms with Crippen LogP contribution in [0.5, 0.6) is 0 Å². The molecule has 18 atom stereocenters. The number of aromatic nitrogens is 2. The normalized spacial score (nSPS) is 32.7. The van der Waals surface area contributed by atoms with Crippen molar-refractivity contribution in [2.45, 2.75) is 170 Å². The molecule has 2 aromatic rings. The minimum atomic E-state index is -1.01. The molecule has 2 saturated carbocycles. The molecule has 6 fully saturated rings. The molecule has 4 aliphatic heterocycles. The quantitative estimate of drug-likeness (QED) is 0.0463. The van der Waals surface area contributed by atoms with Gasteiger partial charge in [-0.2, -0.15) is 5.10 Å². The number of benzene rings is 1. The van der Waals surface area contributed by atoms with E-state index in [0.29, 0.717) is 59.6 Å². The van der Waals surface area contributed by atoms with Crippen LogP contribution in [-0.4, -0.2) is 127 Å². The van der Waals surface area contributed by atoms with Crippen LogP contribution in [0.1, 0.15) is 148 Å². The lowest BCUT2D eigenvalue weighted by atomic mass is 9.60. The summed E-state index contributed by atoms with van der Waals surface area (Å²) in [6.45, 7) is 21.2. The Kier molecular flexibility index (Phi) is 22.5. The predicted octanol–water partition coefficient (Wildman–Crippen LogP) is 7.65. The number of rotatable bonds is 21. The highest BCUT2D eigenvalue weighted by atomic mass is 16.7. The third kappa shape index (κ3) is 16.0. The van der Waals surface area contributed by atoms with Crippen LogP contribution in [0.3, 0.4) is 0 Å². The molecule has 6 aliphatic rings. The van der Waals surface area contributed by atoms with E-state index in [-0.39, 0.29) is 93.7 Å². The van der Waals surface area contributed by atoms with Crippen molar-refractivity contribution in [2.75, 3.05) is 46.2 Å². The van der Waals surface area contributed by atoms with Crippen molar-refractivity contribution in [3.8, 4) is 0 Å². The fourth-order valence-electron chi connectivity index (χ4n) is 13.4. The van der Waals surface area contributed by atoms with Crippen LogP contribution >= 0.6 is 0 Å². The highest BCUT2D eigenvalue weighted by Crippen LogP contribution is 2.53. The molecule has 17 nitrogen and oxygen atoms in total. The van der Waals surface area contributed by atoms with E-state index >= 15 is 0 Å². The summed E-state index contributed by atoms with van der Waals surface area (Å²) in [5.41, 5.74) is 5.48. The molecule has 424 valence electrons. The molecule has 0 bridgehead atoms. The van der Waals surface area contributed by atoms with E-state index in [1.54, 1.807) is 36.8 Å². The number of ether oxygens (including phenoxy) is 6. The van der Waals surface area contributed by atoms with Gasteiger partial charge in [0, 0.05) is 67.2 Å². The summed E-state index contributed by atoms with van der Waals surface area (Å²) in [4.78, 5) is 58.1. The molecule has 1 aromatic heterocycles. The van der Waals surface area contributed by atoms with Gasteiger partial charge >= 0.3 is 0 Å². The van der Waals surface area contributed by atoms with E-state index in [1.165, 1.54) is 51.9 Å². The van der Waals surface area contributed by atoms with Crippen molar-refractivity contribution in [3.63, 3.8) is 0 Å². The SMILES string of the molecule is C/C(=N/NC(=O)C(C)CC1O[C@H]2O[C@@H](C)CCC3C2C(CC[C@@H]3C)[C@H]1C)c1ccc(C(=O)NCCOCCOCC(=O)CC(C(=O)N[C@H](C)Cc2cnc[nH]2)[C@@H](C)O)cc1.C[C@@H]1CCC2C3C1CCCO[C@H]3OC[C@@H]2C. The summed E-state index contributed by atoms with van der Waals surface area (Å²) in [6, 6.07) is 6.77. The lowest BCUT2D eigenvalue weighted by Crippen LogP contribution is -2.53. The Hall–Kier alpha value is -4.10. The zero-order valence-corrected chi connectivity index (χ0v) is 47.0. The lowest BCUT2D eigenvalue weighted by molar-refractivity contribution is -0.279. The number of hydrazone groups is 1. The predicted molar refractivity (Wildman–Crippen MR) is 289 cm³/mol. The molecule has 76 heavy (non-hydrogen) atoms. The highest BCUT2D eigenvalue weighted by molar-refractivity contribution is 6.01. The van der Waals surface area contributed by atoms with E-state index in [4.69, 9.17) is 28.4 Å². The number of aliphatic hydroxyl groups excluding tert-OH is 1. The van der Waals surface area contributed by atoms with Crippen LogP contribution in [0.4, 0.5) is 0 Å². The summed E-state index contributed by atoms with van der Waals surface area (Å²) in [7, 11) is 0. The molecule has 9 unspecified atom stereocenters. The maximum Gasteiger partial charge on any atom is 0.251 e. The molecule has 1 aromatic carbocycles. The number of H-pyrrole nitrogens is 1. The summed E-state index contributed by atoms with van der Waals surface area (Å²) < 4.78 is 35.9. The van der Waals surface area contributed by atoms with Gasteiger partial charge < -0.3 is 49.1 Å². The fourth-order valence-corrected chi connectivity index (χ4v) is 13.4. The Bertz CT molecular complexity index is 2170. The van der Waals surface area contributed by atoms with E-state index in [1.807, 2.05) is 20.8 Å². The molecule has 3 amide bonds. The van der Waals surface area contributed by atoms with Gasteiger partial charge in [-0.1, -0.05) is 59.6 Å². The average molecular weight is 1060 g/mol. The van der Waals surface area contributed by atoms with Gasteiger partial charge in [0.1, 0.15) is 6.61 Å². The van der Waals surface area contributed by atoms with Crippen LogP contribution in [0, 0.1) is 71.0 Å². The Morgan fingerprint density at radius 3 is 2.18 bits per heavy atom. The number of nitrogens with zero attached hydrogens (tertiary/aromatic N) is 2. The second-order valence-corrected chi connectivity index (χ2v) is 23.6. The van der Waals surface area contributed by atoms with Gasteiger partial charge in [-0.05, 0) is 138 Å². The number of aliphatic hydroxyl groups is 1.